The van der Waals surface area contributed by atoms with Crippen LogP contribution in [-0.2, 0) is 6.54 Å². The smallest absolute Gasteiger partial charge is 0.160 e. The predicted molar refractivity (Wildman–Crippen MR) is 73.9 cm³/mol. The summed E-state index contributed by atoms with van der Waals surface area (Å²) in [5.74, 6) is 0.577. The number of phenolic OH excluding ortho intramolecular Hbond substituents is 1. The van der Waals surface area contributed by atoms with Gasteiger partial charge < -0.3 is 15.2 Å². The van der Waals surface area contributed by atoms with Gasteiger partial charge in [0.05, 0.1) is 19.3 Å². The van der Waals surface area contributed by atoms with E-state index in [9.17, 15) is 5.11 Å². The van der Waals surface area contributed by atoms with Crippen LogP contribution in [0.5, 0.6) is 11.5 Å². The SMILES string of the molecule is COc1ccc(NCc2ccc(Br)cn2)cc1O. The van der Waals surface area contributed by atoms with Crippen LogP contribution in [0.3, 0.4) is 0 Å². The van der Waals surface area contributed by atoms with Crippen molar-refractivity contribution in [3.63, 3.8) is 0 Å². The molecule has 18 heavy (non-hydrogen) atoms. The summed E-state index contributed by atoms with van der Waals surface area (Å²) in [5, 5.41) is 12.8. The fourth-order valence-corrected chi connectivity index (χ4v) is 1.74. The molecule has 94 valence electrons. The molecule has 2 aromatic rings. The molecule has 0 aliphatic rings. The number of rotatable bonds is 4. The lowest BCUT2D eigenvalue weighted by atomic mass is 10.2. The maximum absolute atomic E-state index is 9.64. The van der Waals surface area contributed by atoms with Crippen molar-refractivity contribution in [3.05, 3.63) is 46.7 Å². The maximum atomic E-state index is 9.64. The summed E-state index contributed by atoms with van der Waals surface area (Å²) < 4.78 is 5.93. The molecular formula is C13H13BrN2O2. The largest absolute Gasteiger partial charge is 0.504 e. The van der Waals surface area contributed by atoms with Gasteiger partial charge >= 0.3 is 0 Å². The molecule has 0 saturated carbocycles. The summed E-state index contributed by atoms with van der Waals surface area (Å²) in [6, 6.07) is 9.05. The number of ether oxygens (including phenoxy) is 1. The van der Waals surface area contributed by atoms with E-state index < -0.39 is 0 Å². The van der Waals surface area contributed by atoms with Gasteiger partial charge in [0.2, 0.25) is 0 Å². The van der Waals surface area contributed by atoms with Gasteiger partial charge in [-0.3, -0.25) is 4.98 Å². The third-order valence-corrected chi connectivity index (χ3v) is 2.91. The summed E-state index contributed by atoms with van der Waals surface area (Å²) in [6.45, 7) is 0.596. The van der Waals surface area contributed by atoms with Gasteiger partial charge in [-0.1, -0.05) is 0 Å². The molecule has 1 heterocycles. The minimum Gasteiger partial charge on any atom is -0.504 e. The molecule has 0 bridgehead atoms. The highest BCUT2D eigenvalue weighted by Crippen LogP contribution is 2.28. The number of nitrogens with one attached hydrogen (secondary N) is 1. The number of hydrogen-bond acceptors (Lipinski definition) is 4. The zero-order valence-corrected chi connectivity index (χ0v) is 11.4. The van der Waals surface area contributed by atoms with E-state index in [1.54, 1.807) is 18.3 Å². The van der Waals surface area contributed by atoms with Crippen LogP contribution in [-0.4, -0.2) is 17.2 Å². The lowest BCUT2D eigenvalue weighted by Gasteiger charge is -2.08. The van der Waals surface area contributed by atoms with E-state index in [-0.39, 0.29) is 5.75 Å². The highest BCUT2D eigenvalue weighted by molar-refractivity contribution is 9.10. The van der Waals surface area contributed by atoms with Gasteiger partial charge in [0.25, 0.3) is 0 Å². The zero-order valence-electron chi connectivity index (χ0n) is 9.85. The van der Waals surface area contributed by atoms with Crippen molar-refractivity contribution in [3.8, 4) is 11.5 Å². The Morgan fingerprint density at radius 3 is 2.78 bits per heavy atom. The van der Waals surface area contributed by atoms with Crippen LogP contribution in [0.2, 0.25) is 0 Å². The summed E-state index contributed by atoms with van der Waals surface area (Å²) in [6.07, 6.45) is 1.75. The molecule has 0 radical (unpaired) electrons. The highest BCUT2D eigenvalue weighted by Gasteiger charge is 2.02. The zero-order chi connectivity index (χ0) is 13.0. The van der Waals surface area contributed by atoms with E-state index in [1.807, 2.05) is 18.2 Å². The Bertz CT molecular complexity index is 529. The van der Waals surface area contributed by atoms with Crippen molar-refractivity contribution in [2.24, 2.45) is 0 Å². The molecule has 0 fully saturated rings. The van der Waals surface area contributed by atoms with Gasteiger partial charge in [-0.25, -0.2) is 0 Å². The van der Waals surface area contributed by atoms with E-state index >= 15 is 0 Å². The number of methoxy groups -OCH3 is 1. The van der Waals surface area contributed by atoms with Gasteiger partial charge in [-0.15, -0.1) is 0 Å². The first kappa shape index (κ1) is 12.7. The monoisotopic (exact) mass is 308 g/mol. The lowest BCUT2D eigenvalue weighted by Crippen LogP contribution is -2.01. The average Bonchev–Trinajstić information content (AvgIpc) is 2.38. The number of pyridine rings is 1. The second kappa shape index (κ2) is 5.73. The van der Waals surface area contributed by atoms with E-state index in [4.69, 9.17) is 4.74 Å². The summed E-state index contributed by atoms with van der Waals surface area (Å²) in [5.41, 5.74) is 1.74. The molecule has 1 aromatic carbocycles. The van der Waals surface area contributed by atoms with Crippen LogP contribution in [0, 0.1) is 0 Å². The van der Waals surface area contributed by atoms with Crippen LogP contribution in [0.1, 0.15) is 5.69 Å². The number of phenols is 1. The van der Waals surface area contributed by atoms with Gasteiger partial charge in [0, 0.05) is 22.4 Å². The molecule has 0 aliphatic heterocycles. The van der Waals surface area contributed by atoms with Crippen LogP contribution in [0.25, 0.3) is 0 Å². The third-order valence-electron chi connectivity index (χ3n) is 2.44. The Morgan fingerprint density at radius 1 is 1.33 bits per heavy atom. The molecule has 2 N–H and O–H groups in total. The van der Waals surface area contributed by atoms with Gasteiger partial charge in [-0.2, -0.15) is 0 Å². The third kappa shape index (κ3) is 3.13. The van der Waals surface area contributed by atoms with E-state index in [0.29, 0.717) is 12.3 Å². The lowest BCUT2D eigenvalue weighted by molar-refractivity contribution is 0.373. The maximum Gasteiger partial charge on any atom is 0.160 e. The van der Waals surface area contributed by atoms with Gasteiger partial charge in [-0.05, 0) is 40.2 Å². The number of hydrogen-bond donors (Lipinski definition) is 2. The Kier molecular flexibility index (Phi) is 4.04. The van der Waals surface area contributed by atoms with E-state index in [2.05, 4.69) is 26.2 Å². The van der Waals surface area contributed by atoms with Crippen molar-refractivity contribution in [1.29, 1.82) is 0 Å². The molecule has 0 atom stereocenters. The topological polar surface area (TPSA) is 54.4 Å². The van der Waals surface area contributed by atoms with Crippen molar-refractivity contribution in [2.75, 3.05) is 12.4 Å². The highest BCUT2D eigenvalue weighted by atomic mass is 79.9. The number of anilines is 1. The van der Waals surface area contributed by atoms with Crippen LogP contribution >= 0.6 is 15.9 Å². The first-order chi connectivity index (χ1) is 8.69. The van der Waals surface area contributed by atoms with Crippen molar-refractivity contribution in [2.45, 2.75) is 6.54 Å². The fraction of sp³-hybridized carbons (Fsp3) is 0.154. The predicted octanol–water partition coefficient (Wildman–Crippen LogP) is 3.17. The van der Waals surface area contributed by atoms with Crippen molar-refractivity contribution < 1.29 is 9.84 Å². The molecule has 5 heteroatoms. The first-order valence-electron chi connectivity index (χ1n) is 5.40. The molecule has 0 spiro atoms. The molecule has 0 aliphatic carbocycles. The minimum atomic E-state index is 0.117. The van der Waals surface area contributed by atoms with E-state index in [1.165, 1.54) is 7.11 Å². The van der Waals surface area contributed by atoms with Crippen LogP contribution in [0.4, 0.5) is 5.69 Å². The fourth-order valence-electron chi connectivity index (χ4n) is 1.50. The molecule has 1 aromatic heterocycles. The Balaban J connectivity index is 2.02. The Morgan fingerprint density at radius 2 is 2.17 bits per heavy atom. The minimum absolute atomic E-state index is 0.117. The van der Waals surface area contributed by atoms with Crippen molar-refractivity contribution in [1.82, 2.24) is 4.98 Å². The first-order valence-corrected chi connectivity index (χ1v) is 6.19. The quantitative estimate of drug-likeness (QED) is 0.911. The number of nitrogens with zero attached hydrogens (tertiary/aromatic N) is 1. The normalized spacial score (nSPS) is 10.1. The van der Waals surface area contributed by atoms with E-state index in [0.717, 1.165) is 15.9 Å². The molecule has 2 rings (SSSR count). The second-order valence-electron chi connectivity index (χ2n) is 3.71. The molecule has 4 nitrogen and oxygen atoms in total. The van der Waals surface area contributed by atoms with Crippen molar-refractivity contribution >= 4 is 21.6 Å². The number of benzene rings is 1. The Labute approximate surface area is 114 Å². The Hall–Kier alpha value is -1.75. The molecule has 0 saturated heterocycles. The summed E-state index contributed by atoms with van der Waals surface area (Å²) in [7, 11) is 1.52. The standard InChI is InChI=1S/C13H13BrN2O2/c1-18-13-5-4-10(6-12(13)17)16-8-11-3-2-9(14)7-15-11/h2-7,16-17H,8H2,1H3. The number of aromatic nitrogens is 1. The molecule has 0 unspecified atom stereocenters. The number of aromatic hydroxyl groups is 1. The summed E-state index contributed by atoms with van der Waals surface area (Å²) >= 11 is 3.34. The van der Waals surface area contributed by atoms with Crippen LogP contribution in [0.15, 0.2) is 41.0 Å². The summed E-state index contributed by atoms with van der Waals surface area (Å²) in [4.78, 5) is 4.25. The molecular weight excluding hydrogens is 296 g/mol. The number of halogens is 1. The van der Waals surface area contributed by atoms with Crippen LogP contribution < -0.4 is 10.1 Å². The second-order valence-corrected chi connectivity index (χ2v) is 4.62. The average molecular weight is 309 g/mol. The molecule has 0 amide bonds. The van der Waals surface area contributed by atoms with Gasteiger partial charge in [0.15, 0.2) is 11.5 Å². The van der Waals surface area contributed by atoms with Gasteiger partial charge in [0.1, 0.15) is 0 Å².